The topological polar surface area (TPSA) is 74.1 Å². The van der Waals surface area contributed by atoms with Crippen LogP contribution in [0.5, 0.6) is 0 Å². The molecule has 1 fully saturated rings. The maximum absolute atomic E-state index is 12.0. The van der Waals surface area contributed by atoms with Crippen LogP contribution in [-0.2, 0) is 9.53 Å². The Morgan fingerprint density at radius 1 is 1.50 bits per heavy atom. The van der Waals surface area contributed by atoms with E-state index in [1.54, 1.807) is 12.1 Å². The third-order valence-electron chi connectivity index (χ3n) is 3.16. The van der Waals surface area contributed by atoms with Gasteiger partial charge in [0.05, 0.1) is 16.8 Å². The van der Waals surface area contributed by atoms with Crippen LogP contribution in [0.4, 0.5) is 5.69 Å². The van der Waals surface area contributed by atoms with Crippen molar-refractivity contribution in [2.45, 2.75) is 18.9 Å². The smallest absolute Gasteiger partial charge is 0.267 e. The van der Waals surface area contributed by atoms with Gasteiger partial charge >= 0.3 is 0 Å². The third kappa shape index (κ3) is 4.63. The van der Waals surface area contributed by atoms with E-state index in [-0.39, 0.29) is 11.7 Å². The average Bonchev–Trinajstić information content (AvgIpc) is 2.99. The van der Waals surface area contributed by atoms with Crippen molar-refractivity contribution in [2.75, 3.05) is 18.5 Å². The number of amides is 1. The first-order chi connectivity index (χ1) is 10.6. The first-order valence-electron chi connectivity index (χ1n) is 6.82. The molecule has 1 amide bonds. The van der Waals surface area contributed by atoms with E-state index in [9.17, 15) is 4.79 Å². The molecular weight excluding hydrogens is 325 g/mol. The average molecular weight is 340 g/mol. The Morgan fingerprint density at radius 2 is 2.32 bits per heavy atom. The number of nitriles is 1. The van der Waals surface area contributed by atoms with Gasteiger partial charge in [0, 0.05) is 24.4 Å². The van der Waals surface area contributed by atoms with Crippen molar-refractivity contribution >= 4 is 34.8 Å². The summed E-state index contributed by atoms with van der Waals surface area (Å²) in [4.78, 5) is 12.0. The highest BCUT2D eigenvalue weighted by Crippen LogP contribution is 2.25. The van der Waals surface area contributed by atoms with E-state index < -0.39 is 5.91 Å². The molecule has 116 valence electrons. The standard InChI is InChI=1S/C15H15Cl2N3O2/c16-11-3-4-14(13(17)6-11)20-15(21)10(7-18)8-19-9-12-2-1-5-22-12/h3-4,6,8,12,19H,1-2,5,9H2,(H,20,21)/b10-8-. The molecule has 1 aliphatic rings. The second-order valence-electron chi connectivity index (χ2n) is 4.79. The molecule has 0 bridgehead atoms. The van der Waals surface area contributed by atoms with Crippen molar-refractivity contribution in [3.63, 3.8) is 0 Å². The molecule has 2 N–H and O–H groups in total. The van der Waals surface area contributed by atoms with E-state index in [0.29, 0.717) is 22.3 Å². The van der Waals surface area contributed by atoms with Gasteiger partial charge in [0.1, 0.15) is 11.6 Å². The Bertz CT molecular complexity index is 620. The van der Waals surface area contributed by atoms with Crippen molar-refractivity contribution < 1.29 is 9.53 Å². The number of halogens is 2. The molecule has 0 aromatic heterocycles. The Balaban J connectivity index is 1.94. The fourth-order valence-electron chi connectivity index (χ4n) is 2.03. The number of carbonyl (C=O) groups is 1. The minimum Gasteiger partial charge on any atom is -0.387 e. The van der Waals surface area contributed by atoms with E-state index in [1.165, 1.54) is 12.3 Å². The molecular formula is C15H15Cl2N3O2. The summed E-state index contributed by atoms with van der Waals surface area (Å²) in [6.45, 7) is 1.33. The van der Waals surface area contributed by atoms with Gasteiger partial charge in [0.25, 0.3) is 5.91 Å². The number of carbonyl (C=O) groups excluding carboxylic acids is 1. The zero-order chi connectivity index (χ0) is 15.9. The Hall–Kier alpha value is -1.74. The van der Waals surface area contributed by atoms with E-state index in [0.717, 1.165) is 19.4 Å². The van der Waals surface area contributed by atoms with Gasteiger partial charge in [-0.1, -0.05) is 23.2 Å². The van der Waals surface area contributed by atoms with Gasteiger partial charge in [-0.25, -0.2) is 0 Å². The van der Waals surface area contributed by atoms with E-state index in [4.69, 9.17) is 33.2 Å². The summed E-state index contributed by atoms with van der Waals surface area (Å²) in [6.07, 6.45) is 3.54. The quantitative estimate of drug-likeness (QED) is 0.638. The summed E-state index contributed by atoms with van der Waals surface area (Å²) in [6, 6.07) is 6.56. The van der Waals surface area contributed by atoms with Gasteiger partial charge in [0.2, 0.25) is 0 Å². The molecule has 0 aliphatic carbocycles. The number of nitrogens with one attached hydrogen (secondary N) is 2. The van der Waals surface area contributed by atoms with Gasteiger partial charge in [-0.05, 0) is 31.0 Å². The molecule has 0 radical (unpaired) electrons. The lowest BCUT2D eigenvalue weighted by Gasteiger charge is -2.10. The fourth-order valence-corrected chi connectivity index (χ4v) is 2.48. The summed E-state index contributed by atoms with van der Waals surface area (Å²) < 4.78 is 5.45. The lowest BCUT2D eigenvalue weighted by molar-refractivity contribution is -0.112. The number of hydrogen-bond donors (Lipinski definition) is 2. The molecule has 1 saturated heterocycles. The fraction of sp³-hybridized carbons (Fsp3) is 0.333. The Morgan fingerprint density at radius 3 is 2.95 bits per heavy atom. The zero-order valence-corrected chi connectivity index (χ0v) is 13.2. The second kappa shape index (κ2) is 8.04. The molecule has 1 unspecified atom stereocenters. The van der Waals surface area contributed by atoms with Crippen LogP contribution < -0.4 is 10.6 Å². The predicted molar refractivity (Wildman–Crippen MR) is 85.8 cm³/mol. The van der Waals surface area contributed by atoms with Crippen molar-refractivity contribution in [1.82, 2.24) is 5.32 Å². The molecule has 1 aromatic carbocycles. The van der Waals surface area contributed by atoms with Crippen LogP contribution in [0.15, 0.2) is 30.0 Å². The molecule has 22 heavy (non-hydrogen) atoms. The van der Waals surface area contributed by atoms with E-state index in [1.807, 2.05) is 6.07 Å². The van der Waals surface area contributed by atoms with Gasteiger partial charge < -0.3 is 15.4 Å². The monoisotopic (exact) mass is 339 g/mol. The van der Waals surface area contributed by atoms with Gasteiger partial charge in [-0.3, -0.25) is 4.79 Å². The van der Waals surface area contributed by atoms with Gasteiger partial charge in [-0.15, -0.1) is 0 Å². The van der Waals surface area contributed by atoms with Crippen LogP contribution in [0.1, 0.15) is 12.8 Å². The van der Waals surface area contributed by atoms with Crippen molar-refractivity contribution in [3.05, 3.63) is 40.0 Å². The molecule has 2 rings (SSSR count). The Labute approximate surface area is 138 Å². The molecule has 5 nitrogen and oxygen atoms in total. The highest BCUT2D eigenvalue weighted by atomic mass is 35.5. The summed E-state index contributed by atoms with van der Waals surface area (Å²) in [5, 5.41) is 15.4. The normalized spacial score (nSPS) is 17.9. The number of ether oxygens (including phenoxy) is 1. The van der Waals surface area contributed by atoms with Gasteiger partial charge in [-0.2, -0.15) is 5.26 Å². The maximum Gasteiger partial charge on any atom is 0.267 e. The lowest BCUT2D eigenvalue weighted by Crippen LogP contribution is -2.24. The van der Waals surface area contributed by atoms with Crippen LogP contribution in [-0.4, -0.2) is 25.2 Å². The number of anilines is 1. The summed E-state index contributed by atoms with van der Waals surface area (Å²) in [5.41, 5.74) is 0.361. The number of nitrogens with zero attached hydrogens (tertiary/aromatic N) is 1. The highest BCUT2D eigenvalue weighted by Gasteiger charge is 2.15. The van der Waals surface area contributed by atoms with Crippen LogP contribution in [0, 0.1) is 11.3 Å². The minimum absolute atomic E-state index is 0.0380. The van der Waals surface area contributed by atoms with Crippen LogP contribution in [0.25, 0.3) is 0 Å². The Kier molecular flexibility index (Phi) is 6.08. The largest absolute Gasteiger partial charge is 0.387 e. The lowest BCUT2D eigenvalue weighted by atomic mass is 10.2. The number of rotatable bonds is 5. The number of benzene rings is 1. The summed E-state index contributed by atoms with van der Waals surface area (Å²) >= 11 is 11.8. The summed E-state index contributed by atoms with van der Waals surface area (Å²) in [7, 11) is 0. The van der Waals surface area contributed by atoms with E-state index in [2.05, 4.69) is 10.6 Å². The first kappa shape index (κ1) is 16.6. The maximum atomic E-state index is 12.0. The first-order valence-corrected chi connectivity index (χ1v) is 7.57. The van der Waals surface area contributed by atoms with Crippen LogP contribution in [0.3, 0.4) is 0 Å². The van der Waals surface area contributed by atoms with Crippen molar-refractivity contribution in [2.24, 2.45) is 0 Å². The summed E-state index contributed by atoms with van der Waals surface area (Å²) in [5.74, 6) is -0.536. The SMILES string of the molecule is N#C/C(=C/NCC1CCCO1)C(=O)Nc1ccc(Cl)cc1Cl. The van der Waals surface area contributed by atoms with Crippen LogP contribution >= 0.6 is 23.2 Å². The number of hydrogen-bond acceptors (Lipinski definition) is 4. The molecule has 1 aliphatic heterocycles. The second-order valence-corrected chi connectivity index (χ2v) is 5.64. The van der Waals surface area contributed by atoms with E-state index >= 15 is 0 Å². The third-order valence-corrected chi connectivity index (χ3v) is 3.71. The highest BCUT2D eigenvalue weighted by molar-refractivity contribution is 6.36. The molecule has 0 spiro atoms. The van der Waals surface area contributed by atoms with Crippen molar-refractivity contribution in [1.29, 1.82) is 5.26 Å². The molecule has 0 saturated carbocycles. The van der Waals surface area contributed by atoms with Crippen LogP contribution in [0.2, 0.25) is 10.0 Å². The minimum atomic E-state index is -0.536. The molecule has 1 atom stereocenters. The molecule has 7 heteroatoms. The zero-order valence-electron chi connectivity index (χ0n) is 11.7. The molecule has 1 heterocycles. The molecule has 1 aromatic rings. The van der Waals surface area contributed by atoms with Crippen molar-refractivity contribution in [3.8, 4) is 6.07 Å². The van der Waals surface area contributed by atoms with Gasteiger partial charge in [0.15, 0.2) is 0 Å². The predicted octanol–water partition coefficient (Wildman–Crippen LogP) is 3.11.